The first kappa shape index (κ1) is 51.0. The van der Waals surface area contributed by atoms with Gasteiger partial charge in [-0.1, -0.05) is 251 Å². The predicted molar refractivity (Wildman–Crippen MR) is 292 cm³/mol. The first-order valence-corrected chi connectivity index (χ1v) is 29.9. The van der Waals surface area contributed by atoms with Gasteiger partial charge in [0.1, 0.15) is 12.4 Å². The summed E-state index contributed by atoms with van der Waals surface area (Å²) in [7, 11) is -8.89. The van der Waals surface area contributed by atoms with Crippen LogP contribution in [0.2, 0.25) is 10.1 Å². The molecule has 5 nitrogen and oxygen atoms in total. The van der Waals surface area contributed by atoms with Crippen LogP contribution in [0.4, 0.5) is 0 Å². The third-order valence-electron chi connectivity index (χ3n) is 13.6. The molecule has 1 N–H and O–H groups in total. The van der Waals surface area contributed by atoms with Crippen LogP contribution in [-0.4, -0.2) is 55.4 Å². The van der Waals surface area contributed by atoms with Gasteiger partial charge < -0.3 is 23.1 Å². The van der Waals surface area contributed by atoms with Crippen LogP contribution in [-0.2, 0) is 18.0 Å². The van der Waals surface area contributed by atoms with Gasteiger partial charge in [-0.05, 0) is 77.5 Å². The number of allylic oxidation sites excluding steroid dienone is 1. The van der Waals surface area contributed by atoms with Crippen molar-refractivity contribution in [2.45, 2.75) is 123 Å². The molecule has 0 radical (unpaired) electrons. The molecule has 0 aromatic heterocycles. The number of rotatable bonds is 16. The van der Waals surface area contributed by atoms with Gasteiger partial charge in [-0.3, -0.25) is 0 Å². The first-order valence-electron chi connectivity index (χ1n) is 24.4. The maximum absolute atomic E-state index is 11.9. The van der Waals surface area contributed by atoms with E-state index in [1.165, 1.54) is 20.7 Å². The molecular weight excluding hydrogens is 885 g/mol. The molecular formula is C60H74O5Si3. The third-order valence-corrected chi connectivity index (χ3v) is 26.3. The second-order valence-electron chi connectivity index (χ2n) is 21.8. The topological polar surface area (TPSA) is 57.2 Å². The van der Waals surface area contributed by atoms with Crippen LogP contribution >= 0.6 is 0 Å². The Bertz CT molecular complexity index is 2430. The normalized spacial score (nSPS) is 18.6. The lowest BCUT2D eigenvalue weighted by molar-refractivity contribution is -0.180. The molecule has 0 saturated heterocycles. The lowest BCUT2D eigenvalue weighted by Gasteiger charge is -2.52. The average Bonchev–Trinajstić information content (AvgIpc) is 3.32. The molecule has 68 heavy (non-hydrogen) atoms. The largest absolute Gasteiger partial charge is 0.512 e. The molecule has 0 amide bonds. The highest BCUT2D eigenvalue weighted by molar-refractivity contribution is 7.00. The molecule has 7 rings (SSSR count). The van der Waals surface area contributed by atoms with Crippen molar-refractivity contribution in [1.82, 2.24) is 0 Å². The molecule has 0 bridgehead atoms. The summed E-state index contributed by atoms with van der Waals surface area (Å²) < 4.78 is 32.0. The van der Waals surface area contributed by atoms with E-state index in [4.69, 9.17) is 24.6 Å². The summed E-state index contributed by atoms with van der Waals surface area (Å²) in [6, 6.07) is 64.4. The molecule has 0 spiro atoms. The molecule has 356 valence electrons. The fourth-order valence-electron chi connectivity index (χ4n) is 10.3. The second-order valence-corrected chi connectivity index (χ2v) is 32.7. The van der Waals surface area contributed by atoms with Gasteiger partial charge >= 0.3 is 0 Å². The van der Waals surface area contributed by atoms with Crippen LogP contribution in [0.1, 0.15) is 88.5 Å². The first-order chi connectivity index (χ1) is 32.4. The molecule has 6 aromatic rings. The zero-order valence-corrected chi connectivity index (χ0v) is 45.3. The fraction of sp³-hybridized carbons (Fsp3) is 0.333. The van der Waals surface area contributed by atoms with Crippen LogP contribution in [0.5, 0.6) is 0 Å². The summed E-state index contributed by atoms with van der Waals surface area (Å²) in [6.07, 6.45) is -0.806. The van der Waals surface area contributed by atoms with Gasteiger partial charge in [0.15, 0.2) is 0 Å². The number of hydrogen-bond acceptors (Lipinski definition) is 5. The van der Waals surface area contributed by atoms with Crippen LogP contribution in [0.15, 0.2) is 205 Å². The molecule has 4 atom stereocenters. The van der Waals surface area contributed by atoms with E-state index in [1.54, 1.807) is 6.92 Å². The van der Waals surface area contributed by atoms with Crippen LogP contribution in [0.25, 0.3) is 0 Å². The monoisotopic (exact) mass is 958 g/mol. The number of aliphatic hydroxyl groups excluding tert-OH is 1. The van der Waals surface area contributed by atoms with Gasteiger partial charge in [0.05, 0.1) is 18.0 Å². The van der Waals surface area contributed by atoms with E-state index in [2.05, 4.69) is 244 Å². The van der Waals surface area contributed by atoms with E-state index in [1.807, 2.05) is 0 Å². The van der Waals surface area contributed by atoms with Crippen LogP contribution < -0.4 is 31.1 Å². The number of aliphatic hydroxyl groups is 1. The van der Waals surface area contributed by atoms with E-state index in [0.29, 0.717) is 18.4 Å². The van der Waals surface area contributed by atoms with Gasteiger partial charge in [0, 0.05) is 6.42 Å². The quantitative estimate of drug-likeness (QED) is 0.0595. The average molecular weight is 960 g/mol. The Morgan fingerprint density at radius 3 is 1.26 bits per heavy atom. The van der Waals surface area contributed by atoms with Gasteiger partial charge in [0.25, 0.3) is 16.6 Å². The zero-order valence-electron chi connectivity index (χ0n) is 42.1. The lowest BCUT2D eigenvalue weighted by Crippen LogP contribution is -2.72. The summed E-state index contributed by atoms with van der Waals surface area (Å²) in [4.78, 5) is 0. The molecule has 1 fully saturated rings. The molecule has 1 saturated carbocycles. The van der Waals surface area contributed by atoms with Gasteiger partial charge in [-0.25, -0.2) is 0 Å². The number of benzene rings is 6. The Kier molecular flexibility index (Phi) is 16.0. The highest BCUT2D eigenvalue weighted by Crippen LogP contribution is 2.46. The Morgan fingerprint density at radius 2 is 0.926 bits per heavy atom. The van der Waals surface area contributed by atoms with Crippen molar-refractivity contribution in [3.63, 3.8) is 0 Å². The maximum atomic E-state index is 11.9. The smallest absolute Gasteiger partial charge is 0.262 e. The summed E-state index contributed by atoms with van der Waals surface area (Å²) in [5.41, 5.74) is 1.44. The summed E-state index contributed by atoms with van der Waals surface area (Å²) >= 11 is 0. The van der Waals surface area contributed by atoms with Crippen molar-refractivity contribution in [2.24, 2.45) is 5.41 Å². The lowest BCUT2D eigenvalue weighted by atomic mass is 9.83. The summed E-state index contributed by atoms with van der Waals surface area (Å²) in [5, 5.41) is 18.1. The van der Waals surface area contributed by atoms with E-state index < -0.39 is 50.3 Å². The second kappa shape index (κ2) is 21.4. The Hall–Kier alpha value is -4.91. The van der Waals surface area contributed by atoms with Crippen molar-refractivity contribution in [3.8, 4) is 0 Å². The highest BCUT2D eigenvalue weighted by Gasteiger charge is 2.58. The van der Waals surface area contributed by atoms with E-state index in [0.717, 1.165) is 22.4 Å². The van der Waals surface area contributed by atoms with Crippen molar-refractivity contribution >= 4 is 56.8 Å². The molecule has 4 unspecified atom stereocenters. The molecule has 8 heteroatoms. The third kappa shape index (κ3) is 11.1. The minimum Gasteiger partial charge on any atom is -0.512 e. The van der Waals surface area contributed by atoms with E-state index in [-0.39, 0.29) is 21.3 Å². The minimum absolute atomic E-state index is 0.00275. The van der Waals surface area contributed by atoms with Gasteiger partial charge in [-0.15, -0.1) is 0 Å². The van der Waals surface area contributed by atoms with Crippen molar-refractivity contribution in [2.75, 3.05) is 0 Å². The predicted octanol–water partition coefficient (Wildman–Crippen LogP) is 10.8. The molecule has 6 aromatic carbocycles. The molecule has 1 aliphatic carbocycles. The summed E-state index contributed by atoms with van der Waals surface area (Å²) in [5.74, 6) is 0.210. The molecule has 0 aliphatic heterocycles. The Labute approximate surface area is 411 Å². The fourth-order valence-corrected chi connectivity index (χ4v) is 22.0. The maximum Gasteiger partial charge on any atom is 0.262 e. The standard InChI is InChI=1S/C60H74O5Si3/c1-45-53(46(2)61)44-54(64-67(59(6,7)8,49-34-22-14-23-35-49)50-36-24-15-25-37-50)57(56(45)65-68(60(9,10)11,51-38-26-16-27-39-51)52-40-28-17-29-41-52)62-55(42-43-58(3,4)5)63-66(47-30-18-12-19-31-47)48-32-20-13-21-33-48/h12-41,54-57,61,66H,1,42-44H2,2-11H3/b53-46+. The number of hydrogen-bond donors (Lipinski definition) is 1. The van der Waals surface area contributed by atoms with E-state index in [9.17, 15) is 5.11 Å². The molecule has 1 aliphatic rings. The van der Waals surface area contributed by atoms with Gasteiger partial charge in [-0.2, -0.15) is 0 Å². The number of ether oxygens (including phenoxy) is 1. The Morgan fingerprint density at radius 1 is 0.574 bits per heavy atom. The van der Waals surface area contributed by atoms with Crippen LogP contribution in [0.3, 0.4) is 0 Å². The zero-order chi connectivity index (χ0) is 48.7. The minimum atomic E-state index is -3.30. The van der Waals surface area contributed by atoms with Crippen molar-refractivity contribution < 1.29 is 23.1 Å². The SMILES string of the molecule is C=C1/C(=C(\C)O)CC(O[Si](c2ccccc2)(c2ccccc2)C(C)(C)C)C(OC(CCC(C)(C)C)O[SiH](c2ccccc2)c2ccccc2)C1O[Si](c1ccccc1)(c1ccccc1)C(C)(C)C. The van der Waals surface area contributed by atoms with E-state index >= 15 is 0 Å². The molecule has 0 heterocycles. The van der Waals surface area contributed by atoms with Crippen molar-refractivity contribution in [3.05, 3.63) is 205 Å². The Balaban J connectivity index is 1.50. The summed E-state index contributed by atoms with van der Waals surface area (Å²) in [6.45, 7) is 27.3. The van der Waals surface area contributed by atoms with Crippen molar-refractivity contribution in [1.29, 1.82) is 0 Å². The van der Waals surface area contributed by atoms with Crippen LogP contribution in [0, 0.1) is 5.41 Å². The highest BCUT2D eigenvalue weighted by atomic mass is 28.4. The van der Waals surface area contributed by atoms with Gasteiger partial charge in [0.2, 0.25) is 9.04 Å².